The molecule has 24 heavy (non-hydrogen) atoms. The van der Waals surface area contributed by atoms with E-state index < -0.39 is 5.41 Å². The summed E-state index contributed by atoms with van der Waals surface area (Å²) in [4.78, 5) is 12.5. The fourth-order valence-corrected chi connectivity index (χ4v) is 3.38. The van der Waals surface area contributed by atoms with Gasteiger partial charge in [0.05, 0.1) is 30.6 Å². The molecule has 0 spiro atoms. The quantitative estimate of drug-likeness (QED) is 0.781. The van der Waals surface area contributed by atoms with Gasteiger partial charge in [0.25, 0.3) is 0 Å². The molecule has 3 nitrogen and oxygen atoms in total. The molecule has 1 aliphatic rings. The number of carbonyl (C=O) groups excluding carboxylic acids is 1. The van der Waals surface area contributed by atoms with E-state index in [4.69, 9.17) is 21.6 Å². The number of ketones is 1. The number of halogens is 1. The maximum atomic E-state index is 12.5. The molecule has 0 radical (unpaired) electrons. The Hall–Kier alpha value is -2.15. The summed E-state index contributed by atoms with van der Waals surface area (Å²) in [5.74, 6) is -0.0353. The van der Waals surface area contributed by atoms with Crippen molar-refractivity contribution in [2.45, 2.75) is 37.4 Å². The van der Waals surface area contributed by atoms with Crippen LogP contribution in [0.5, 0.6) is 0 Å². The van der Waals surface area contributed by atoms with Crippen LogP contribution in [0, 0.1) is 11.3 Å². The third-order valence-electron chi connectivity index (χ3n) is 4.65. The van der Waals surface area contributed by atoms with Crippen LogP contribution in [-0.4, -0.2) is 11.9 Å². The SMILES string of the molecule is N#CCC(=O)C1(c2ccc(Cl)cc2)CC(OCc2ccccc2)C1. The second-order valence-electron chi connectivity index (χ2n) is 6.17. The lowest BCUT2D eigenvalue weighted by atomic mass is 9.59. The monoisotopic (exact) mass is 339 g/mol. The van der Waals surface area contributed by atoms with Gasteiger partial charge in [-0.1, -0.05) is 54.1 Å². The van der Waals surface area contributed by atoms with Gasteiger partial charge in [0.1, 0.15) is 0 Å². The van der Waals surface area contributed by atoms with Gasteiger partial charge in [0, 0.05) is 5.02 Å². The van der Waals surface area contributed by atoms with E-state index in [9.17, 15) is 4.79 Å². The molecular weight excluding hydrogens is 322 g/mol. The lowest BCUT2D eigenvalue weighted by molar-refractivity contribution is -0.136. The summed E-state index contributed by atoms with van der Waals surface area (Å²) in [6, 6.07) is 19.3. The molecule has 0 unspecified atom stereocenters. The maximum Gasteiger partial charge on any atom is 0.157 e. The number of hydrogen-bond donors (Lipinski definition) is 0. The van der Waals surface area contributed by atoms with Gasteiger partial charge in [0.15, 0.2) is 5.78 Å². The Morgan fingerprint density at radius 2 is 1.83 bits per heavy atom. The average Bonchev–Trinajstić information content (AvgIpc) is 2.56. The smallest absolute Gasteiger partial charge is 0.157 e. The van der Waals surface area contributed by atoms with Crippen molar-refractivity contribution in [2.24, 2.45) is 0 Å². The molecule has 0 aromatic heterocycles. The zero-order valence-corrected chi connectivity index (χ0v) is 14.0. The first-order chi connectivity index (χ1) is 11.6. The van der Waals surface area contributed by atoms with Crippen molar-refractivity contribution in [1.29, 1.82) is 5.26 Å². The Labute approximate surface area is 146 Å². The van der Waals surface area contributed by atoms with Crippen LogP contribution in [0.4, 0.5) is 0 Å². The summed E-state index contributed by atoms with van der Waals surface area (Å²) in [6.45, 7) is 0.536. The average molecular weight is 340 g/mol. The second-order valence-corrected chi connectivity index (χ2v) is 6.61. The lowest BCUT2D eigenvalue weighted by Gasteiger charge is -2.46. The lowest BCUT2D eigenvalue weighted by Crippen LogP contribution is -2.51. The van der Waals surface area contributed by atoms with Crippen molar-refractivity contribution in [1.82, 2.24) is 0 Å². The van der Waals surface area contributed by atoms with E-state index in [0.29, 0.717) is 24.5 Å². The maximum absolute atomic E-state index is 12.5. The molecule has 1 aliphatic carbocycles. The van der Waals surface area contributed by atoms with Gasteiger partial charge in [-0.25, -0.2) is 0 Å². The Kier molecular flexibility index (Phi) is 4.99. The van der Waals surface area contributed by atoms with Crippen LogP contribution >= 0.6 is 11.6 Å². The number of nitriles is 1. The highest BCUT2D eigenvalue weighted by molar-refractivity contribution is 6.30. The summed E-state index contributed by atoms with van der Waals surface area (Å²) >= 11 is 5.95. The van der Waals surface area contributed by atoms with Gasteiger partial charge in [0.2, 0.25) is 0 Å². The van der Waals surface area contributed by atoms with Gasteiger partial charge >= 0.3 is 0 Å². The summed E-state index contributed by atoms with van der Waals surface area (Å²) < 4.78 is 5.93. The van der Waals surface area contributed by atoms with E-state index in [-0.39, 0.29) is 18.3 Å². The van der Waals surface area contributed by atoms with E-state index in [0.717, 1.165) is 11.1 Å². The highest BCUT2D eigenvalue weighted by atomic mass is 35.5. The minimum Gasteiger partial charge on any atom is -0.373 e. The zero-order chi connectivity index (χ0) is 17.0. The Morgan fingerprint density at radius 3 is 2.46 bits per heavy atom. The van der Waals surface area contributed by atoms with Gasteiger partial charge in [-0.05, 0) is 36.1 Å². The van der Waals surface area contributed by atoms with E-state index >= 15 is 0 Å². The fraction of sp³-hybridized carbons (Fsp3) is 0.300. The normalized spacial score (nSPS) is 22.4. The van der Waals surface area contributed by atoms with Gasteiger partial charge in [-0.3, -0.25) is 4.79 Å². The number of Topliss-reactive ketones (excluding diaryl/α,β-unsaturated/α-hetero) is 1. The number of carbonyl (C=O) groups is 1. The van der Waals surface area contributed by atoms with Crippen molar-refractivity contribution >= 4 is 17.4 Å². The van der Waals surface area contributed by atoms with Gasteiger partial charge in [-0.15, -0.1) is 0 Å². The van der Waals surface area contributed by atoms with E-state index in [1.807, 2.05) is 48.5 Å². The van der Waals surface area contributed by atoms with Crippen LogP contribution in [0.15, 0.2) is 54.6 Å². The van der Waals surface area contributed by atoms with Crippen LogP contribution in [0.1, 0.15) is 30.4 Å². The largest absolute Gasteiger partial charge is 0.373 e. The summed E-state index contributed by atoms with van der Waals surface area (Å²) in [6.07, 6.45) is 1.18. The summed E-state index contributed by atoms with van der Waals surface area (Å²) in [5.41, 5.74) is 1.43. The number of rotatable bonds is 6. The van der Waals surface area contributed by atoms with E-state index in [1.165, 1.54) is 0 Å². The van der Waals surface area contributed by atoms with Crippen LogP contribution in [0.25, 0.3) is 0 Å². The molecule has 1 saturated carbocycles. The number of nitrogens with zero attached hydrogens (tertiary/aromatic N) is 1. The number of ether oxygens (including phenoxy) is 1. The van der Waals surface area contributed by atoms with E-state index in [1.54, 1.807) is 12.1 Å². The standard InChI is InChI=1S/C20H18ClNO2/c21-17-8-6-16(7-9-17)20(19(23)10-11-22)12-18(13-20)24-14-15-4-2-1-3-5-15/h1-9,18H,10,12-14H2. The minimum absolute atomic E-state index is 0.0310. The minimum atomic E-state index is -0.609. The number of hydrogen-bond acceptors (Lipinski definition) is 3. The summed E-state index contributed by atoms with van der Waals surface area (Å²) in [7, 11) is 0. The molecule has 0 atom stereocenters. The van der Waals surface area contributed by atoms with Crippen molar-refractivity contribution in [3.8, 4) is 6.07 Å². The topological polar surface area (TPSA) is 50.1 Å². The first kappa shape index (κ1) is 16.7. The molecule has 122 valence electrons. The van der Waals surface area contributed by atoms with E-state index in [2.05, 4.69) is 0 Å². The molecule has 0 heterocycles. The van der Waals surface area contributed by atoms with Crippen LogP contribution in [0.2, 0.25) is 5.02 Å². The second kappa shape index (κ2) is 7.17. The summed E-state index contributed by atoms with van der Waals surface area (Å²) in [5, 5.41) is 9.54. The molecule has 0 saturated heterocycles. The van der Waals surface area contributed by atoms with Crippen molar-refractivity contribution in [2.75, 3.05) is 0 Å². The van der Waals surface area contributed by atoms with Gasteiger partial charge < -0.3 is 4.74 Å². The van der Waals surface area contributed by atoms with Crippen LogP contribution in [-0.2, 0) is 21.6 Å². The molecule has 2 aromatic carbocycles. The molecule has 0 bridgehead atoms. The third-order valence-corrected chi connectivity index (χ3v) is 4.90. The highest BCUT2D eigenvalue weighted by Gasteiger charge is 2.51. The van der Waals surface area contributed by atoms with Crippen LogP contribution < -0.4 is 0 Å². The van der Waals surface area contributed by atoms with Crippen molar-refractivity contribution in [3.05, 3.63) is 70.7 Å². The number of benzene rings is 2. The first-order valence-electron chi connectivity index (χ1n) is 7.96. The third kappa shape index (κ3) is 3.36. The molecular formula is C20H18ClNO2. The molecule has 1 fully saturated rings. The molecule has 2 aromatic rings. The molecule has 0 aliphatic heterocycles. The Morgan fingerprint density at radius 1 is 1.17 bits per heavy atom. The first-order valence-corrected chi connectivity index (χ1v) is 8.34. The predicted molar refractivity (Wildman–Crippen MR) is 92.6 cm³/mol. The Bertz CT molecular complexity index is 743. The molecule has 0 N–H and O–H groups in total. The molecule has 3 rings (SSSR count). The van der Waals surface area contributed by atoms with Crippen molar-refractivity contribution in [3.63, 3.8) is 0 Å². The van der Waals surface area contributed by atoms with Gasteiger partial charge in [-0.2, -0.15) is 5.26 Å². The highest BCUT2D eigenvalue weighted by Crippen LogP contribution is 2.47. The zero-order valence-electron chi connectivity index (χ0n) is 13.2. The fourth-order valence-electron chi connectivity index (χ4n) is 3.26. The Balaban J connectivity index is 1.70. The molecule has 4 heteroatoms. The predicted octanol–water partition coefficient (Wildman–Crippen LogP) is 4.44. The molecule has 0 amide bonds. The van der Waals surface area contributed by atoms with Crippen LogP contribution in [0.3, 0.4) is 0 Å². The van der Waals surface area contributed by atoms with Crippen molar-refractivity contribution < 1.29 is 9.53 Å².